The third kappa shape index (κ3) is 2.93. The highest BCUT2D eigenvalue weighted by Crippen LogP contribution is 2.49. The minimum Gasteiger partial charge on any atom is -0.342 e. The molecule has 0 aromatic heterocycles. The van der Waals surface area contributed by atoms with Crippen LogP contribution in [-0.4, -0.2) is 37.0 Å². The van der Waals surface area contributed by atoms with E-state index in [9.17, 15) is 13.6 Å². The largest absolute Gasteiger partial charge is 0.342 e. The Balaban J connectivity index is 1.62. The molecule has 0 radical (unpaired) electrons. The topological polar surface area (TPSA) is 32.3 Å². The Labute approximate surface area is 123 Å². The van der Waals surface area contributed by atoms with Crippen LogP contribution in [0.4, 0.5) is 8.78 Å². The molecule has 114 valence electrons. The van der Waals surface area contributed by atoms with Crippen LogP contribution in [-0.2, 0) is 4.79 Å². The van der Waals surface area contributed by atoms with Gasteiger partial charge >= 0.3 is 0 Å². The van der Waals surface area contributed by atoms with E-state index in [1.165, 1.54) is 6.07 Å². The number of amides is 1. The van der Waals surface area contributed by atoms with Gasteiger partial charge in [0.2, 0.25) is 5.91 Å². The molecule has 1 aliphatic heterocycles. The number of rotatable bonds is 3. The van der Waals surface area contributed by atoms with Gasteiger partial charge in [-0.25, -0.2) is 8.78 Å². The van der Waals surface area contributed by atoms with Gasteiger partial charge in [0, 0.05) is 25.0 Å². The lowest BCUT2D eigenvalue weighted by Crippen LogP contribution is -2.44. The van der Waals surface area contributed by atoms with Crippen molar-refractivity contribution in [2.24, 2.45) is 5.92 Å². The fourth-order valence-electron chi connectivity index (χ4n) is 3.23. The molecule has 2 atom stereocenters. The molecule has 3 rings (SSSR count). The average molecular weight is 294 g/mol. The highest BCUT2D eigenvalue weighted by molar-refractivity contribution is 5.83. The number of piperidine rings is 1. The van der Waals surface area contributed by atoms with Crippen molar-refractivity contribution in [1.29, 1.82) is 0 Å². The second kappa shape index (κ2) is 5.72. The number of hydrogen-bond acceptors (Lipinski definition) is 2. The minimum atomic E-state index is -0.445. The van der Waals surface area contributed by atoms with Gasteiger partial charge in [0.05, 0.1) is 0 Å². The molecule has 1 heterocycles. The Morgan fingerprint density at radius 2 is 2.00 bits per heavy atom. The van der Waals surface area contributed by atoms with E-state index in [-0.39, 0.29) is 17.7 Å². The summed E-state index contributed by atoms with van der Waals surface area (Å²) in [5.74, 6) is -1.09. The Bertz CT molecular complexity index is 541. The third-order valence-corrected chi connectivity index (χ3v) is 4.68. The lowest BCUT2D eigenvalue weighted by molar-refractivity contribution is -0.133. The molecule has 1 saturated carbocycles. The van der Waals surface area contributed by atoms with Gasteiger partial charge in [0.15, 0.2) is 0 Å². The fraction of sp³-hybridized carbons (Fsp3) is 0.562. The normalized spacial score (nSPS) is 26.0. The predicted octanol–water partition coefficient (Wildman–Crippen LogP) is 2.28. The summed E-state index contributed by atoms with van der Waals surface area (Å²) in [5, 5.41) is 3.23. The zero-order valence-electron chi connectivity index (χ0n) is 12.1. The van der Waals surface area contributed by atoms with Crippen LogP contribution in [0.1, 0.15) is 30.7 Å². The molecule has 3 nitrogen and oxygen atoms in total. The van der Waals surface area contributed by atoms with Gasteiger partial charge in [0.25, 0.3) is 0 Å². The van der Waals surface area contributed by atoms with Gasteiger partial charge in [-0.1, -0.05) is 0 Å². The number of carbonyl (C=O) groups is 1. The van der Waals surface area contributed by atoms with Gasteiger partial charge in [-0.2, -0.15) is 0 Å². The van der Waals surface area contributed by atoms with E-state index < -0.39 is 11.6 Å². The average Bonchev–Trinajstić information content (AvgIpc) is 3.29. The molecule has 0 bridgehead atoms. The summed E-state index contributed by atoms with van der Waals surface area (Å²) in [6.45, 7) is 1.50. The van der Waals surface area contributed by atoms with E-state index in [1.54, 1.807) is 0 Å². The first-order valence-corrected chi connectivity index (χ1v) is 7.51. The van der Waals surface area contributed by atoms with Crippen LogP contribution in [0.3, 0.4) is 0 Å². The monoisotopic (exact) mass is 294 g/mol. The lowest BCUT2D eigenvalue weighted by Gasteiger charge is -2.32. The van der Waals surface area contributed by atoms with Gasteiger partial charge in [-0.15, -0.1) is 0 Å². The minimum absolute atomic E-state index is 0.0956. The summed E-state index contributed by atoms with van der Waals surface area (Å²) in [6, 6.07) is 3.95. The summed E-state index contributed by atoms with van der Waals surface area (Å²) in [4.78, 5) is 14.3. The maximum absolute atomic E-state index is 13.7. The van der Waals surface area contributed by atoms with Gasteiger partial charge < -0.3 is 10.2 Å². The maximum atomic E-state index is 13.7. The van der Waals surface area contributed by atoms with Crippen molar-refractivity contribution in [3.8, 4) is 0 Å². The molecular weight excluding hydrogens is 274 g/mol. The van der Waals surface area contributed by atoms with Crippen LogP contribution < -0.4 is 5.32 Å². The smallest absolute Gasteiger partial charge is 0.226 e. The molecular formula is C16H20F2N2O. The summed E-state index contributed by atoms with van der Waals surface area (Å²) >= 11 is 0. The van der Waals surface area contributed by atoms with Gasteiger partial charge in [0.1, 0.15) is 11.6 Å². The quantitative estimate of drug-likeness (QED) is 0.927. The summed E-state index contributed by atoms with van der Waals surface area (Å²) < 4.78 is 27.0. The van der Waals surface area contributed by atoms with Crippen molar-refractivity contribution in [3.63, 3.8) is 0 Å². The highest BCUT2D eigenvalue weighted by atomic mass is 19.1. The van der Waals surface area contributed by atoms with Crippen LogP contribution in [0.15, 0.2) is 18.2 Å². The summed E-state index contributed by atoms with van der Waals surface area (Å²) in [5.41, 5.74) is 0.346. The van der Waals surface area contributed by atoms with Crippen molar-refractivity contribution in [2.45, 2.75) is 31.2 Å². The second-order valence-electron chi connectivity index (χ2n) is 6.00. The van der Waals surface area contributed by atoms with Gasteiger partial charge in [-0.05, 0) is 56.0 Å². The van der Waals surface area contributed by atoms with Crippen LogP contribution in [0.5, 0.6) is 0 Å². The number of hydrogen-bond donors (Lipinski definition) is 1. The number of carbonyl (C=O) groups excluding carboxylic acids is 1. The molecule has 1 aliphatic carbocycles. The Kier molecular flexibility index (Phi) is 3.93. The third-order valence-electron chi connectivity index (χ3n) is 4.68. The van der Waals surface area contributed by atoms with E-state index >= 15 is 0 Å². The summed E-state index contributed by atoms with van der Waals surface area (Å²) in [7, 11) is 1.94. The number of nitrogens with one attached hydrogen (secondary N) is 1. The number of nitrogens with zero attached hydrogens (tertiary/aromatic N) is 1. The Morgan fingerprint density at radius 1 is 1.29 bits per heavy atom. The molecule has 21 heavy (non-hydrogen) atoms. The zero-order chi connectivity index (χ0) is 15.0. The van der Waals surface area contributed by atoms with Crippen molar-refractivity contribution < 1.29 is 13.6 Å². The molecule has 0 spiro atoms. The zero-order valence-corrected chi connectivity index (χ0v) is 12.1. The highest BCUT2D eigenvalue weighted by Gasteiger charge is 2.47. The standard InChI is InChI=1S/C16H20F2N2O/c1-19-11-4-6-20(7-5-11)16(21)14-9-12(14)13-8-10(17)2-3-15(13)18/h2-3,8,11-12,14,19H,4-7,9H2,1H3. The van der Waals surface area contributed by atoms with E-state index in [2.05, 4.69) is 5.32 Å². The van der Waals surface area contributed by atoms with Crippen LogP contribution in [0, 0.1) is 17.6 Å². The fourth-order valence-corrected chi connectivity index (χ4v) is 3.23. The van der Waals surface area contributed by atoms with E-state index in [0.29, 0.717) is 18.0 Å². The molecule has 1 aromatic rings. The Morgan fingerprint density at radius 3 is 2.67 bits per heavy atom. The number of likely N-dealkylation sites (tertiary alicyclic amines) is 1. The molecule has 2 fully saturated rings. The van der Waals surface area contributed by atoms with E-state index in [0.717, 1.165) is 38.1 Å². The SMILES string of the molecule is CNC1CCN(C(=O)C2CC2c2cc(F)ccc2F)CC1. The van der Waals surface area contributed by atoms with Crippen molar-refractivity contribution in [3.05, 3.63) is 35.4 Å². The molecule has 1 aromatic carbocycles. The molecule has 1 amide bonds. The molecule has 1 saturated heterocycles. The van der Waals surface area contributed by atoms with Crippen molar-refractivity contribution in [2.75, 3.05) is 20.1 Å². The maximum Gasteiger partial charge on any atom is 0.226 e. The lowest BCUT2D eigenvalue weighted by atomic mass is 10.0. The Hall–Kier alpha value is -1.49. The van der Waals surface area contributed by atoms with Gasteiger partial charge in [-0.3, -0.25) is 4.79 Å². The predicted molar refractivity (Wildman–Crippen MR) is 75.9 cm³/mol. The van der Waals surface area contributed by atoms with E-state index in [1.807, 2.05) is 11.9 Å². The van der Waals surface area contributed by atoms with Crippen molar-refractivity contribution >= 4 is 5.91 Å². The van der Waals surface area contributed by atoms with Crippen LogP contribution in [0.25, 0.3) is 0 Å². The molecule has 5 heteroatoms. The van der Waals surface area contributed by atoms with E-state index in [4.69, 9.17) is 0 Å². The van der Waals surface area contributed by atoms with Crippen LogP contribution >= 0.6 is 0 Å². The molecule has 1 N–H and O–H groups in total. The number of benzene rings is 1. The molecule has 2 aliphatic rings. The first kappa shape index (κ1) is 14.4. The first-order valence-electron chi connectivity index (χ1n) is 7.51. The summed E-state index contributed by atoms with van der Waals surface area (Å²) in [6.07, 6.45) is 2.53. The van der Waals surface area contributed by atoms with Crippen molar-refractivity contribution in [1.82, 2.24) is 10.2 Å². The number of halogens is 2. The first-order chi connectivity index (χ1) is 10.1. The van der Waals surface area contributed by atoms with Crippen LogP contribution in [0.2, 0.25) is 0 Å². The molecule has 2 unspecified atom stereocenters. The second-order valence-corrected chi connectivity index (χ2v) is 6.00.